The van der Waals surface area contributed by atoms with Crippen molar-refractivity contribution in [1.29, 1.82) is 0 Å². The maximum atomic E-state index is 11.5. The van der Waals surface area contributed by atoms with E-state index in [4.69, 9.17) is 9.84 Å². The number of carbonyl (C=O) groups is 2. The minimum atomic E-state index is -1.05. The standard InChI is InChI=1S/C13H26N2O4S/c1-19-9-7-11(12(16)17)15-13(18)14-8-5-3-4-6-10-20-2/h11H,3-10H2,1-2H3,(H,16,17)(H2,14,15,18). The van der Waals surface area contributed by atoms with Crippen molar-refractivity contribution in [3.8, 4) is 0 Å². The molecule has 0 aliphatic carbocycles. The average molecular weight is 306 g/mol. The van der Waals surface area contributed by atoms with Crippen LogP contribution in [0.5, 0.6) is 0 Å². The highest BCUT2D eigenvalue weighted by molar-refractivity contribution is 7.98. The summed E-state index contributed by atoms with van der Waals surface area (Å²) in [5.74, 6) is 0.127. The number of aliphatic carboxylic acids is 1. The van der Waals surface area contributed by atoms with Gasteiger partial charge >= 0.3 is 12.0 Å². The minimum absolute atomic E-state index is 0.258. The monoisotopic (exact) mass is 306 g/mol. The minimum Gasteiger partial charge on any atom is -0.480 e. The molecule has 1 atom stereocenters. The molecule has 0 aliphatic rings. The molecule has 0 heterocycles. The Hall–Kier alpha value is -0.950. The molecule has 2 amide bonds. The van der Waals surface area contributed by atoms with Crippen LogP contribution in [0.25, 0.3) is 0 Å². The topological polar surface area (TPSA) is 87.7 Å². The first-order chi connectivity index (χ1) is 9.61. The molecule has 0 fully saturated rings. The third-order valence-corrected chi connectivity index (χ3v) is 3.47. The molecule has 0 radical (unpaired) electrons. The van der Waals surface area contributed by atoms with Crippen LogP contribution in [-0.4, -0.2) is 55.4 Å². The number of methoxy groups -OCH3 is 1. The zero-order chi connectivity index (χ0) is 15.2. The molecule has 0 saturated heterocycles. The van der Waals surface area contributed by atoms with E-state index in [1.165, 1.54) is 19.3 Å². The van der Waals surface area contributed by atoms with E-state index in [0.29, 0.717) is 13.2 Å². The van der Waals surface area contributed by atoms with Crippen LogP contribution in [0.1, 0.15) is 32.1 Å². The van der Waals surface area contributed by atoms with Crippen LogP contribution in [0.4, 0.5) is 4.79 Å². The summed E-state index contributed by atoms with van der Waals surface area (Å²) in [7, 11) is 1.50. The summed E-state index contributed by atoms with van der Waals surface area (Å²) in [6.07, 6.45) is 6.70. The summed E-state index contributed by atoms with van der Waals surface area (Å²) >= 11 is 1.84. The number of amides is 2. The van der Waals surface area contributed by atoms with Gasteiger partial charge in [-0.25, -0.2) is 9.59 Å². The fourth-order valence-corrected chi connectivity index (χ4v) is 2.12. The quantitative estimate of drug-likeness (QED) is 0.478. The van der Waals surface area contributed by atoms with Gasteiger partial charge in [-0.2, -0.15) is 11.8 Å². The number of unbranched alkanes of at least 4 members (excludes halogenated alkanes) is 3. The number of hydrogen-bond donors (Lipinski definition) is 3. The van der Waals surface area contributed by atoms with Crippen molar-refractivity contribution in [2.75, 3.05) is 32.3 Å². The van der Waals surface area contributed by atoms with Gasteiger partial charge in [-0.1, -0.05) is 12.8 Å². The second-order valence-corrected chi connectivity index (χ2v) is 5.47. The lowest BCUT2D eigenvalue weighted by molar-refractivity contribution is -0.139. The molecule has 0 aliphatic heterocycles. The highest BCUT2D eigenvalue weighted by Gasteiger charge is 2.18. The van der Waals surface area contributed by atoms with Gasteiger partial charge in [-0.3, -0.25) is 0 Å². The Kier molecular flexibility index (Phi) is 12.4. The van der Waals surface area contributed by atoms with Gasteiger partial charge in [0.2, 0.25) is 0 Å². The number of ether oxygens (including phenoxy) is 1. The molecule has 0 bridgehead atoms. The van der Waals surface area contributed by atoms with Crippen LogP contribution in [0.2, 0.25) is 0 Å². The van der Waals surface area contributed by atoms with Gasteiger partial charge in [0.05, 0.1) is 0 Å². The molecule has 1 unspecified atom stereocenters. The summed E-state index contributed by atoms with van der Waals surface area (Å²) < 4.78 is 4.81. The van der Waals surface area contributed by atoms with Gasteiger partial charge in [-0.15, -0.1) is 0 Å². The Morgan fingerprint density at radius 3 is 2.55 bits per heavy atom. The predicted octanol–water partition coefficient (Wildman–Crippen LogP) is 1.70. The number of hydrogen-bond acceptors (Lipinski definition) is 4. The van der Waals surface area contributed by atoms with Gasteiger partial charge in [0.15, 0.2) is 0 Å². The van der Waals surface area contributed by atoms with Crippen molar-refractivity contribution in [3.63, 3.8) is 0 Å². The summed E-state index contributed by atoms with van der Waals surface area (Å²) in [5, 5.41) is 14.0. The Labute approximate surface area is 125 Å². The summed E-state index contributed by atoms with van der Waals surface area (Å²) in [4.78, 5) is 22.4. The number of thioether (sulfide) groups is 1. The number of carboxylic acids is 1. The Morgan fingerprint density at radius 2 is 1.95 bits per heavy atom. The second-order valence-electron chi connectivity index (χ2n) is 4.48. The van der Waals surface area contributed by atoms with Gasteiger partial charge in [0.25, 0.3) is 0 Å². The van der Waals surface area contributed by atoms with Gasteiger partial charge in [0, 0.05) is 26.7 Å². The molecule has 0 aromatic heterocycles. The van der Waals surface area contributed by atoms with Crippen LogP contribution in [0.15, 0.2) is 0 Å². The van der Waals surface area contributed by atoms with E-state index < -0.39 is 18.0 Å². The fourth-order valence-electron chi connectivity index (χ4n) is 1.63. The number of nitrogens with one attached hydrogen (secondary N) is 2. The zero-order valence-electron chi connectivity index (χ0n) is 12.3. The molecule has 0 saturated carbocycles. The molecule has 0 aromatic rings. The van der Waals surface area contributed by atoms with Crippen molar-refractivity contribution in [2.45, 2.75) is 38.1 Å². The molecule has 6 nitrogen and oxygen atoms in total. The lowest BCUT2D eigenvalue weighted by atomic mass is 10.2. The van der Waals surface area contributed by atoms with Crippen molar-refractivity contribution in [1.82, 2.24) is 10.6 Å². The average Bonchev–Trinajstić information content (AvgIpc) is 2.42. The summed E-state index contributed by atoms with van der Waals surface area (Å²) in [5.41, 5.74) is 0. The smallest absolute Gasteiger partial charge is 0.326 e. The normalized spacial score (nSPS) is 11.9. The first-order valence-electron chi connectivity index (χ1n) is 6.86. The van der Waals surface area contributed by atoms with E-state index in [9.17, 15) is 9.59 Å². The maximum absolute atomic E-state index is 11.5. The summed E-state index contributed by atoms with van der Waals surface area (Å²) in [6.45, 7) is 0.869. The molecule has 0 spiro atoms. The van der Waals surface area contributed by atoms with Crippen molar-refractivity contribution >= 4 is 23.8 Å². The number of urea groups is 1. The van der Waals surface area contributed by atoms with Crippen molar-refractivity contribution < 1.29 is 19.4 Å². The Balaban J connectivity index is 3.66. The third kappa shape index (κ3) is 10.9. The van der Waals surface area contributed by atoms with Crippen molar-refractivity contribution in [3.05, 3.63) is 0 Å². The molecule has 118 valence electrons. The SMILES string of the molecule is COCCC(NC(=O)NCCCCCCSC)C(=O)O. The molecule has 0 aromatic carbocycles. The number of carbonyl (C=O) groups excluding carboxylic acids is 1. The highest BCUT2D eigenvalue weighted by atomic mass is 32.2. The fraction of sp³-hybridized carbons (Fsp3) is 0.846. The lowest BCUT2D eigenvalue weighted by Crippen LogP contribution is -2.46. The van der Waals surface area contributed by atoms with Crippen LogP contribution in [0.3, 0.4) is 0 Å². The molecular weight excluding hydrogens is 280 g/mol. The maximum Gasteiger partial charge on any atom is 0.326 e. The van der Waals surface area contributed by atoms with E-state index in [0.717, 1.165) is 19.3 Å². The van der Waals surface area contributed by atoms with Gasteiger partial charge < -0.3 is 20.5 Å². The van der Waals surface area contributed by atoms with Crippen LogP contribution < -0.4 is 10.6 Å². The predicted molar refractivity (Wildman–Crippen MR) is 81.3 cm³/mol. The Morgan fingerprint density at radius 1 is 1.25 bits per heavy atom. The third-order valence-electron chi connectivity index (χ3n) is 2.77. The first kappa shape index (κ1) is 19.1. The van der Waals surface area contributed by atoms with Crippen LogP contribution in [-0.2, 0) is 9.53 Å². The van der Waals surface area contributed by atoms with Crippen LogP contribution in [0, 0.1) is 0 Å². The van der Waals surface area contributed by atoms with E-state index in [-0.39, 0.29) is 6.42 Å². The van der Waals surface area contributed by atoms with E-state index >= 15 is 0 Å². The van der Waals surface area contributed by atoms with Gasteiger partial charge in [-0.05, 0) is 24.9 Å². The van der Waals surface area contributed by atoms with Crippen molar-refractivity contribution in [2.24, 2.45) is 0 Å². The van der Waals surface area contributed by atoms with Gasteiger partial charge in [0.1, 0.15) is 6.04 Å². The van der Waals surface area contributed by atoms with Crippen LogP contribution >= 0.6 is 11.8 Å². The van der Waals surface area contributed by atoms with E-state index in [1.54, 1.807) is 0 Å². The lowest BCUT2D eigenvalue weighted by Gasteiger charge is -2.14. The molecule has 0 rings (SSSR count). The molecule has 7 heteroatoms. The largest absolute Gasteiger partial charge is 0.480 e. The summed E-state index contributed by atoms with van der Waals surface area (Å²) in [6, 6.07) is -1.34. The Bertz CT molecular complexity index is 277. The molecular formula is C13H26N2O4S. The number of carboxylic acid groups (broad SMARTS) is 1. The number of rotatable bonds is 12. The van der Waals surface area contributed by atoms with E-state index in [1.807, 2.05) is 11.8 Å². The van der Waals surface area contributed by atoms with E-state index in [2.05, 4.69) is 16.9 Å². The highest BCUT2D eigenvalue weighted by Crippen LogP contribution is 2.03. The second kappa shape index (κ2) is 13.1. The molecule has 20 heavy (non-hydrogen) atoms. The zero-order valence-corrected chi connectivity index (χ0v) is 13.1. The first-order valence-corrected chi connectivity index (χ1v) is 8.26. The molecule has 3 N–H and O–H groups in total.